The summed E-state index contributed by atoms with van der Waals surface area (Å²) in [4.78, 5) is 25.3. The van der Waals surface area contributed by atoms with Crippen molar-refractivity contribution in [2.24, 2.45) is 0 Å². The van der Waals surface area contributed by atoms with Crippen LogP contribution < -0.4 is 5.32 Å². The van der Waals surface area contributed by atoms with Crippen LogP contribution in [0.4, 0.5) is 0 Å². The Balaban J connectivity index is 1.84. The van der Waals surface area contributed by atoms with Crippen LogP contribution in [0.5, 0.6) is 0 Å². The molecule has 1 aliphatic rings. The maximum atomic E-state index is 12.1. The lowest BCUT2D eigenvalue weighted by Gasteiger charge is -2.20. The van der Waals surface area contributed by atoms with Crippen molar-refractivity contribution in [2.75, 3.05) is 20.2 Å². The van der Waals surface area contributed by atoms with Crippen LogP contribution in [0.25, 0.3) is 0 Å². The quantitative estimate of drug-likeness (QED) is 0.541. The number of nitrogens with zero attached hydrogens (tertiary/aromatic N) is 1. The summed E-state index contributed by atoms with van der Waals surface area (Å²) in [6.07, 6.45) is 1.83. The zero-order valence-corrected chi connectivity index (χ0v) is 14.5. The second-order valence-electron chi connectivity index (χ2n) is 6.28. The summed E-state index contributed by atoms with van der Waals surface area (Å²) in [6.45, 7) is 1.56. The Morgan fingerprint density at radius 2 is 2.00 bits per heavy atom. The fourth-order valence-corrected chi connectivity index (χ4v) is 2.88. The number of hydrogen-bond acceptors (Lipinski definition) is 5. The van der Waals surface area contributed by atoms with Crippen molar-refractivity contribution < 1.29 is 24.4 Å². The van der Waals surface area contributed by atoms with Crippen LogP contribution in [0.3, 0.4) is 0 Å². The van der Waals surface area contributed by atoms with Crippen molar-refractivity contribution in [1.82, 2.24) is 10.2 Å². The highest BCUT2D eigenvalue weighted by Gasteiger charge is 2.26. The lowest BCUT2D eigenvalue weighted by molar-refractivity contribution is -0.128. The van der Waals surface area contributed by atoms with E-state index in [4.69, 9.17) is 4.74 Å². The summed E-state index contributed by atoms with van der Waals surface area (Å²) in [5, 5.41) is 21.7. The summed E-state index contributed by atoms with van der Waals surface area (Å²) in [7, 11) is -0.0341. The molecule has 136 valence electrons. The van der Waals surface area contributed by atoms with Gasteiger partial charge in [-0.3, -0.25) is 9.59 Å². The van der Waals surface area contributed by atoms with Gasteiger partial charge in [0.25, 0.3) is 0 Å². The van der Waals surface area contributed by atoms with Crippen molar-refractivity contribution in [3.05, 3.63) is 35.4 Å². The highest BCUT2D eigenvalue weighted by Crippen LogP contribution is 2.11. The van der Waals surface area contributed by atoms with Gasteiger partial charge in [-0.25, -0.2) is 0 Å². The minimum atomic E-state index is -1.66. The average Bonchev–Trinajstić information content (AvgIpc) is 2.99. The standard InChI is InChI=1S/C17H25BN2O5/c1-25-12-14-6-4-13(5-7-14)11-15(18(23)24)19-16(21)8-10-20-9-2-3-17(20)22/h4-7,15,23-24H,2-3,8-12H2,1H3,(H,19,21)/t15-/m0/s1. The van der Waals surface area contributed by atoms with Gasteiger partial charge in [0.2, 0.25) is 11.8 Å². The van der Waals surface area contributed by atoms with E-state index in [1.807, 2.05) is 24.3 Å². The molecule has 1 fully saturated rings. The first-order chi connectivity index (χ1) is 12.0. The highest BCUT2D eigenvalue weighted by atomic mass is 16.5. The molecule has 0 bridgehead atoms. The van der Waals surface area contributed by atoms with Crippen LogP contribution in [0.15, 0.2) is 24.3 Å². The highest BCUT2D eigenvalue weighted by molar-refractivity contribution is 6.43. The van der Waals surface area contributed by atoms with Crippen LogP contribution in [0, 0.1) is 0 Å². The molecular weight excluding hydrogens is 323 g/mol. The van der Waals surface area contributed by atoms with E-state index in [2.05, 4.69) is 5.32 Å². The van der Waals surface area contributed by atoms with E-state index in [0.29, 0.717) is 32.5 Å². The lowest BCUT2D eigenvalue weighted by Crippen LogP contribution is -2.48. The molecule has 8 heteroatoms. The normalized spacial score (nSPS) is 15.3. The molecule has 0 aliphatic carbocycles. The van der Waals surface area contributed by atoms with Gasteiger partial charge in [0, 0.05) is 33.0 Å². The van der Waals surface area contributed by atoms with Crippen LogP contribution in [-0.4, -0.2) is 60.0 Å². The van der Waals surface area contributed by atoms with Crippen LogP contribution >= 0.6 is 0 Å². The number of nitrogens with one attached hydrogen (secondary N) is 1. The molecule has 0 radical (unpaired) electrons. The Labute approximate surface area is 148 Å². The number of ether oxygens (including phenoxy) is 1. The Bertz CT molecular complexity index is 579. The first-order valence-corrected chi connectivity index (χ1v) is 8.49. The van der Waals surface area contributed by atoms with Crippen molar-refractivity contribution >= 4 is 18.9 Å². The number of rotatable bonds is 9. The van der Waals surface area contributed by atoms with Gasteiger partial charge in [-0.1, -0.05) is 24.3 Å². The van der Waals surface area contributed by atoms with E-state index in [1.54, 1.807) is 12.0 Å². The zero-order valence-electron chi connectivity index (χ0n) is 14.5. The minimum absolute atomic E-state index is 0.0719. The van der Waals surface area contributed by atoms with Gasteiger partial charge >= 0.3 is 7.12 Å². The predicted octanol–water partition coefficient (Wildman–Crippen LogP) is -0.115. The zero-order chi connectivity index (χ0) is 18.2. The first-order valence-electron chi connectivity index (χ1n) is 8.49. The first kappa shape index (κ1) is 19.4. The number of methoxy groups -OCH3 is 1. The molecule has 1 saturated heterocycles. The number of carbonyl (C=O) groups excluding carboxylic acids is 2. The molecule has 1 atom stereocenters. The summed E-state index contributed by atoms with van der Waals surface area (Å²) in [5.74, 6) is -1.02. The van der Waals surface area contributed by atoms with Crippen molar-refractivity contribution in [1.29, 1.82) is 0 Å². The summed E-state index contributed by atoms with van der Waals surface area (Å²) in [5.41, 5.74) is 1.90. The maximum Gasteiger partial charge on any atom is 0.475 e. The van der Waals surface area contributed by atoms with Crippen molar-refractivity contribution in [3.8, 4) is 0 Å². The van der Waals surface area contributed by atoms with Gasteiger partial charge in [0.1, 0.15) is 0 Å². The summed E-state index contributed by atoms with van der Waals surface area (Å²) < 4.78 is 5.05. The number of amides is 2. The third-order valence-corrected chi connectivity index (χ3v) is 4.28. The monoisotopic (exact) mass is 348 g/mol. The molecule has 0 aromatic heterocycles. The Morgan fingerprint density at radius 3 is 2.56 bits per heavy atom. The van der Waals surface area contributed by atoms with E-state index < -0.39 is 13.1 Å². The molecular formula is C17H25BN2O5. The van der Waals surface area contributed by atoms with Crippen molar-refractivity contribution in [2.45, 2.75) is 38.2 Å². The molecule has 0 unspecified atom stereocenters. The molecule has 3 N–H and O–H groups in total. The topological polar surface area (TPSA) is 99.1 Å². The van der Waals surface area contributed by atoms with E-state index in [1.165, 1.54) is 0 Å². The Kier molecular flexibility index (Phi) is 7.42. The van der Waals surface area contributed by atoms with Gasteiger partial charge < -0.3 is 25.0 Å². The SMILES string of the molecule is COCc1ccc(C[C@H](NC(=O)CCN2CCCC2=O)B(O)O)cc1. The van der Waals surface area contributed by atoms with E-state index in [9.17, 15) is 19.6 Å². The third kappa shape index (κ3) is 6.15. The molecule has 7 nitrogen and oxygen atoms in total. The van der Waals surface area contributed by atoms with Crippen LogP contribution in [0.1, 0.15) is 30.4 Å². The molecule has 0 saturated carbocycles. The lowest BCUT2D eigenvalue weighted by atomic mass is 9.76. The predicted molar refractivity (Wildman–Crippen MR) is 93.4 cm³/mol. The second-order valence-corrected chi connectivity index (χ2v) is 6.28. The van der Waals surface area contributed by atoms with Crippen LogP contribution in [0.2, 0.25) is 0 Å². The number of likely N-dealkylation sites (tertiary alicyclic amines) is 1. The molecule has 1 aromatic carbocycles. The Morgan fingerprint density at radius 1 is 1.32 bits per heavy atom. The van der Waals surface area contributed by atoms with Gasteiger partial charge in [0.05, 0.1) is 12.5 Å². The molecule has 1 aromatic rings. The summed E-state index contributed by atoms with van der Waals surface area (Å²) >= 11 is 0. The Hall–Kier alpha value is -1.90. The fourth-order valence-electron chi connectivity index (χ4n) is 2.88. The van der Waals surface area contributed by atoms with Crippen LogP contribution in [-0.2, 0) is 27.4 Å². The molecule has 2 amide bonds. The van der Waals surface area contributed by atoms with Gasteiger partial charge in [-0.05, 0) is 24.0 Å². The molecule has 1 aliphatic heterocycles. The average molecular weight is 348 g/mol. The van der Waals surface area contributed by atoms with Gasteiger partial charge in [0.15, 0.2) is 0 Å². The number of hydrogen-bond donors (Lipinski definition) is 3. The summed E-state index contributed by atoms with van der Waals surface area (Å²) in [6, 6.07) is 7.55. The molecule has 1 heterocycles. The third-order valence-electron chi connectivity index (χ3n) is 4.28. The van der Waals surface area contributed by atoms with Gasteiger partial charge in [-0.2, -0.15) is 0 Å². The molecule has 2 rings (SSSR count). The fraction of sp³-hybridized carbons (Fsp3) is 0.529. The number of carbonyl (C=O) groups is 2. The van der Waals surface area contributed by atoms with Crippen molar-refractivity contribution in [3.63, 3.8) is 0 Å². The number of benzene rings is 1. The largest absolute Gasteiger partial charge is 0.475 e. The molecule has 25 heavy (non-hydrogen) atoms. The van der Waals surface area contributed by atoms with E-state index in [0.717, 1.165) is 17.5 Å². The van der Waals surface area contributed by atoms with Gasteiger partial charge in [-0.15, -0.1) is 0 Å². The minimum Gasteiger partial charge on any atom is -0.426 e. The van der Waals surface area contributed by atoms with E-state index in [-0.39, 0.29) is 18.2 Å². The second kappa shape index (κ2) is 9.55. The molecule has 0 spiro atoms. The smallest absolute Gasteiger partial charge is 0.426 e. The maximum absolute atomic E-state index is 12.1. The van der Waals surface area contributed by atoms with E-state index >= 15 is 0 Å².